The van der Waals surface area contributed by atoms with Crippen LogP contribution < -0.4 is 16.4 Å². The highest BCUT2D eigenvalue weighted by atomic mass is 16.1. The Morgan fingerprint density at radius 2 is 2.25 bits per heavy atom. The highest BCUT2D eigenvalue weighted by Gasteiger charge is 2.01. The van der Waals surface area contributed by atoms with Crippen LogP contribution in [0, 0.1) is 6.92 Å². The summed E-state index contributed by atoms with van der Waals surface area (Å²) in [6, 6.07) is 1.87. The van der Waals surface area contributed by atoms with Gasteiger partial charge in [-0.2, -0.15) is 0 Å². The summed E-state index contributed by atoms with van der Waals surface area (Å²) in [5.41, 5.74) is 7.55. The normalized spacial score (nSPS) is 9.88. The summed E-state index contributed by atoms with van der Waals surface area (Å²) >= 11 is 0. The smallest absolute Gasteiger partial charge is 0.216 e. The molecule has 0 fully saturated rings. The number of rotatable bonds is 5. The van der Waals surface area contributed by atoms with Gasteiger partial charge in [-0.1, -0.05) is 0 Å². The van der Waals surface area contributed by atoms with E-state index in [9.17, 15) is 4.79 Å². The number of nitrogens with two attached hydrogens (primary N) is 1. The number of hydrogen-bond donors (Lipinski definition) is 3. The Bertz CT molecular complexity index is 365. The van der Waals surface area contributed by atoms with Crippen molar-refractivity contribution in [3.63, 3.8) is 0 Å². The molecule has 0 atom stereocenters. The molecule has 0 aliphatic carbocycles. The zero-order chi connectivity index (χ0) is 12.0. The second kappa shape index (κ2) is 5.95. The van der Waals surface area contributed by atoms with Crippen LogP contribution in [0.25, 0.3) is 0 Å². The van der Waals surface area contributed by atoms with Crippen LogP contribution in [0.3, 0.4) is 0 Å². The standard InChI is InChI=1S/C11H18N4O/c1-8-4-7-15-11(10(8)12)14-6-3-5-13-9(2)16/h4,7H,3,5-6,12H2,1-2H3,(H,13,16)(H,14,15). The number of nitrogen functional groups attached to an aromatic ring is 1. The predicted molar refractivity (Wildman–Crippen MR) is 65.2 cm³/mol. The molecule has 4 N–H and O–H groups in total. The van der Waals surface area contributed by atoms with Gasteiger partial charge in [-0.05, 0) is 25.0 Å². The summed E-state index contributed by atoms with van der Waals surface area (Å²) in [7, 11) is 0. The van der Waals surface area contributed by atoms with Crippen LogP contribution in [0.15, 0.2) is 12.3 Å². The van der Waals surface area contributed by atoms with E-state index in [4.69, 9.17) is 5.73 Å². The van der Waals surface area contributed by atoms with Crippen molar-refractivity contribution in [2.45, 2.75) is 20.3 Å². The predicted octanol–water partition coefficient (Wildman–Crippen LogP) is 0.910. The Hall–Kier alpha value is -1.78. The highest BCUT2D eigenvalue weighted by molar-refractivity contribution is 5.72. The second-order valence-corrected chi connectivity index (χ2v) is 3.65. The summed E-state index contributed by atoms with van der Waals surface area (Å²) in [4.78, 5) is 14.8. The van der Waals surface area contributed by atoms with E-state index in [0.717, 1.165) is 18.5 Å². The van der Waals surface area contributed by atoms with Crippen molar-refractivity contribution in [1.29, 1.82) is 0 Å². The van der Waals surface area contributed by atoms with Gasteiger partial charge in [0.2, 0.25) is 5.91 Å². The van der Waals surface area contributed by atoms with Crippen molar-refractivity contribution in [2.24, 2.45) is 0 Å². The lowest BCUT2D eigenvalue weighted by molar-refractivity contribution is -0.118. The number of amides is 1. The monoisotopic (exact) mass is 222 g/mol. The fourth-order valence-corrected chi connectivity index (χ4v) is 1.27. The van der Waals surface area contributed by atoms with Crippen LogP contribution in [0.5, 0.6) is 0 Å². The molecule has 0 aromatic carbocycles. The highest BCUT2D eigenvalue weighted by Crippen LogP contribution is 2.18. The van der Waals surface area contributed by atoms with Gasteiger partial charge < -0.3 is 16.4 Å². The Labute approximate surface area is 95.4 Å². The molecule has 5 nitrogen and oxygen atoms in total. The number of pyridine rings is 1. The second-order valence-electron chi connectivity index (χ2n) is 3.65. The van der Waals surface area contributed by atoms with Gasteiger partial charge in [0.1, 0.15) is 5.82 Å². The maximum atomic E-state index is 10.6. The van der Waals surface area contributed by atoms with E-state index in [1.165, 1.54) is 6.92 Å². The molecular weight excluding hydrogens is 204 g/mol. The molecule has 1 aromatic heterocycles. The molecule has 0 spiro atoms. The number of nitrogens with one attached hydrogen (secondary N) is 2. The lowest BCUT2D eigenvalue weighted by Gasteiger charge is -2.09. The van der Waals surface area contributed by atoms with Crippen molar-refractivity contribution in [3.8, 4) is 0 Å². The van der Waals surface area contributed by atoms with Gasteiger partial charge in [0.15, 0.2) is 0 Å². The van der Waals surface area contributed by atoms with Crippen LogP contribution in [0.4, 0.5) is 11.5 Å². The molecule has 16 heavy (non-hydrogen) atoms. The topological polar surface area (TPSA) is 80.0 Å². The molecule has 1 heterocycles. The number of carbonyl (C=O) groups excluding carboxylic acids is 1. The zero-order valence-corrected chi connectivity index (χ0v) is 9.71. The Balaban J connectivity index is 2.32. The van der Waals surface area contributed by atoms with E-state index in [0.29, 0.717) is 18.1 Å². The first-order valence-electron chi connectivity index (χ1n) is 5.30. The van der Waals surface area contributed by atoms with Gasteiger partial charge in [0.05, 0.1) is 5.69 Å². The quantitative estimate of drug-likeness (QED) is 0.647. The minimum absolute atomic E-state index is 0.00630. The molecule has 1 amide bonds. The van der Waals surface area contributed by atoms with Crippen LogP contribution in [-0.2, 0) is 4.79 Å². The Morgan fingerprint density at radius 1 is 1.50 bits per heavy atom. The first kappa shape index (κ1) is 12.3. The molecule has 0 aliphatic heterocycles. The van der Waals surface area contributed by atoms with E-state index >= 15 is 0 Å². The van der Waals surface area contributed by atoms with Crippen LogP contribution >= 0.6 is 0 Å². The van der Waals surface area contributed by atoms with Crippen molar-refractivity contribution in [3.05, 3.63) is 17.8 Å². The first-order chi connectivity index (χ1) is 7.61. The van der Waals surface area contributed by atoms with Gasteiger partial charge >= 0.3 is 0 Å². The van der Waals surface area contributed by atoms with Crippen LogP contribution in [-0.4, -0.2) is 24.0 Å². The van der Waals surface area contributed by atoms with E-state index < -0.39 is 0 Å². The first-order valence-corrected chi connectivity index (χ1v) is 5.30. The van der Waals surface area contributed by atoms with E-state index in [1.54, 1.807) is 6.20 Å². The molecule has 5 heteroatoms. The largest absolute Gasteiger partial charge is 0.396 e. The third kappa shape index (κ3) is 3.76. The van der Waals surface area contributed by atoms with E-state index in [-0.39, 0.29) is 5.91 Å². The van der Waals surface area contributed by atoms with Gasteiger partial charge in [-0.15, -0.1) is 0 Å². The summed E-state index contributed by atoms with van der Waals surface area (Å²) in [5, 5.41) is 5.87. The molecule has 1 aromatic rings. The summed E-state index contributed by atoms with van der Waals surface area (Å²) in [6.07, 6.45) is 2.57. The van der Waals surface area contributed by atoms with Crippen molar-refractivity contribution >= 4 is 17.4 Å². The zero-order valence-electron chi connectivity index (χ0n) is 9.71. The average molecular weight is 222 g/mol. The maximum Gasteiger partial charge on any atom is 0.216 e. The van der Waals surface area contributed by atoms with Gasteiger partial charge in [0, 0.05) is 26.2 Å². The molecule has 0 radical (unpaired) electrons. The Morgan fingerprint density at radius 3 is 2.94 bits per heavy atom. The van der Waals surface area contributed by atoms with Crippen LogP contribution in [0.2, 0.25) is 0 Å². The average Bonchev–Trinajstić information content (AvgIpc) is 2.23. The number of anilines is 2. The molecule has 0 aliphatic rings. The SMILES string of the molecule is CC(=O)NCCCNc1nccc(C)c1N. The van der Waals surface area contributed by atoms with Gasteiger partial charge in [0.25, 0.3) is 0 Å². The summed E-state index contributed by atoms with van der Waals surface area (Å²) < 4.78 is 0. The lowest BCUT2D eigenvalue weighted by Crippen LogP contribution is -2.23. The number of hydrogen-bond acceptors (Lipinski definition) is 4. The number of aryl methyl sites for hydroxylation is 1. The molecule has 0 saturated carbocycles. The number of carbonyl (C=O) groups is 1. The summed E-state index contributed by atoms with van der Waals surface area (Å²) in [6.45, 7) is 4.85. The van der Waals surface area contributed by atoms with Crippen molar-refractivity contribution in [2.75, 3.05) is 24.1 Å². The lowest BCUT2D eigenvalue weighted by atomic mass is 10.2. The minimum atomic E-state index is -0.00630. The van der Waals surface area contributed by atoms with Gasteiger partial charge in [-0.3, -0.25) is 4.79 Å². The Kier molecular flexibility index (Phi) is 4.57. The third-order valence-electron chi connectivity index (χ3n) is 2.23. The summed E-state index contributed by atoms with van der Waals surface area (Å²) in [5.74, 6) is 0.705. The molecule has 88 valence electrons. The molecule has 1 rings (SSSR count). The number of aromatic nitrogens is 1. The molecule has 0 unspecified atom stereocenters. The van der Waals surface area contributed by atoms with Gasteiger partial charge in [-0.25, -0.2) is 4.98 Å². The van der Waals surface area contributed by atoms with Crippen LogP contribution in [0.1, 0.15) is 18.9 Å². The van der Waals surface area contributed by atoms with E-state index in [2.05, 4.69) is 15.6 Å². The molecular formula is C11H18N4O. The van der Waals surface area contributed by atoms with E-state index in [1.807, 2.05) is 13.0 Å². The minimum Gasteiger partial charge on any atom is -0.396 e. The fraction of sp³-hybridized carbons (Fsp3) is 0.455. The molecule has 0 saturated heterocycles. The van der Waals surface area contributed by atoms with Crippen molar-refractivity contribution < 1.29 is 4.79 Å². The third-order valence-corrected chi connectivity index (χ3v) is 2.23. The number of nitrogens with zero attached hydrogens (tertiary/aromatic N) is 1. The maximum absolute atomic E-state index is 10.6. The fourth-order valence-electron chi connectivity index (χ4n) is 1.27. The molecule has 0 bridgehead atoms. The van der Waals surface area contributed by atoms with Crippen molar-refractivity contribution in [1.82, 2.24) is 10.3 Å².